The fourth-order valence-corrected chi connectivity index (χ4v) is 2.70. The summed E-state index contributed by atoms with van der Waals surface area (Å²) in [5, 5.41) is 3.56. The summed E-state index contributed by atoms with van der Waals surface area (Å²) < 4.78 is 6.02. The number of aryl methyl sites for hydroxylation is 1. The first-order chi connectivity index (χ1) is 8.80. The number of ether oxygens (including phenoxy) is 1. The van der Waals surface area contributed by atoms with Crippen LogP contribution in [0.1, 0.15) is 57.2 Å². The lowest BCUT2D eigenvalue weighted by molar-refractivity contribution is 0.186. The molecule has 1 aromatic rings. The minimum atomic E-state index is 0.293. The SMILES string of the molecule is CCCCc1ccc2c(c1)C(NCC)C(CC)O2. The number of fused-ring (bicyclic) bond motifs is 1. The fraction of sp³-hybridized carbons (Fsp3) is 0.625. The zero-order valence-corrected chi connectivity index (χ0v) is 11.8. The highest BCUT2D eigenvalue weighted by Gasteiger charge is 2.32. The summed E-state index contributed by atoms with van der Waals surface area (Å²) in [6.45, 7) is 7.58. The molecule has 1 aliphatic heterocycles. The summed E-state index contributed by atoms with van der Waals surface area (Å²) >= 11 is 0. The predicted molar refractivity (Wildman–Crippen MR) is 76.2 cm³/mol. The summed E-state index contributed by atoms with van der Waals surface area (Å²) in [5.74, 6) is 1.08. The van der Waals surface area contributed by atoms with Crippen molar-refractivity contribution in [2.45, 2.75) is 58.6 Å². The van der Waals surface area contributed by atoms with Crippen molar-refractivity contribution in [1.29, 1.82) is 0 Å². The lowest BCUT2D eigenvalue weighted by Crippen LogP contribution is -2.30. The van der Waals surface area contributed by atoms with Crippen LogP contribution in [0.4, 0.5) is 0 Å². The van der Waals surface area contributed by atoms with Crippen molar-refractivity contribution in [2.24, 2.45) is 0 Å². The van der Waals surface area contributed by atoms with Gasteiger partial charge in [-0.15, -0.1) is 0 Å². The van der Waals surface area contributed by atoms with Gasteiger partial charge in [0.1, 0.15) is 11.9 Å². The third-order valence-corrected chi connectivity index (χ3v) is 3.70. The van der Waals surface area contributed by atoms with E-state index >= 15 is 0 Å². The molecule has 0 aliphatic carbocycles. The molecule has 2 heteroatoms. The molecule has 2 unspecified atom stereocenters. The monoisotopic (exact) mass is 247 g/mol. The number of nitrogens with one attached hydrogen (secondary N) is 1. The first-order valence-corrected chi connectivity index (χ1v) is 7.33. The van der Waals surface area contributed by atoms with Crippen molar-refractivity contribution in [1.82, 2.24) is 5.32 Å². The zero-order valence-electron chi connectivity index (χ0n) is 11.8. The number of benzene rings is 1. The second-order valence-corrected chi connectivity index (χ2v) is 5.08. The molecule has 2 rings (SSSR count). The molecule has 0 fully saturated rings. The van der Waals surface area contributed by atoms with Crippen LogP contribution in [-0.2, 0) is 6.42 Å². The van der Waals surface area contributed by atoms with E-state index in [1.165, 1.54) is 30.4 Å². The lowest BCUT2D eigenvalue weighted by atomic mass is 9.98. The highest BCUT2D eigenvalue weighted by Crippen LogP contribution is 2.38. The Morgan fingerprint density at radius 2 is 2.06 bits per heavy atom. The normalized spacial score (nSPS) is 21.7. The van der Waals surface area contributed by atoms with Gasteiger partial charge in [0, 0.05) is 5.56 Å². The van der Waals surface area contributed by atoms with Crippen molar-refractivity contribution in [3.05, 3.63) is 29.3 Å². The van der Waals surface area contributed by atoms with Crippen LogP contribution in [0.5, 0.6) is 5.75 Å². The van der Waals surface area contributed by atoms with E-state index in [0.29, 0.717) is 12.1 Å². The highest BCUT2D eigenvalue weighted by molar-refractivity contribution is 5.43. The fourth-order valence-electron chi connectivity index (χ4n) is 2.70. The molecule has 1 aliphatic rings. The van der Waals surface area contributed by atoms with Crippen LogP contribution in [0, 0.1) is 0 Å². The predicted octanol–water partition coefficient (Wildman–Crippen LogP) is 3.85. The maximum absolute atomic E-state index is 6.02. The molecule has 1 heterocycles. The molecule has 1 N–H and O–H groups in total. The molecule has 0 bridgehead atoms. The number of likely N-dealkylation sites (N-methyl/N-ethyl adjacent to an activating group) is 1. The van der Waals surface area contributed by atoms with Gasteiger partial charge in [-0.25, -0.2) is 0 Å². The minimum Gasteiger partial charge on any atom is -0.488 e. The average Bonchev–Trinajstić information content (AvgIpc) is 2.74. The van der Waals surface area contributed by atoms with Crippen molar-refractivity contribution in [3.8, 4) is 5.75 Å². The Balaban J connectivity index is 2.20. The van der Waals surface area contributed by atoms with E-state index in [1.807, 2.05) is 0 Å². The Bertz CT molecular complexity index is 389. The van der Waals surface area contributed by atoms with E-state index in [0.717, 1.165) is 18.7 Å². The molecule has 0 spiro atoms. The number of hydrogen-bond acceptors (Lipinski definition) is 2. The number of rotatable bonds is 6. The van der Waals surface area contributed by atoms with Crippen LogP contribution in [0.15, 0.2) is 18.2 Å². The van der Waals surface area contributed by atoms with Gasteiger partial charge in [-0.2, -0.15) is 0 Å². The van der Waals surface area contributed by atoms with Gasteiger partial charge < -0.3 is 10.1 Å². The van der Waals surface area contributed by atoms with Gasteiger partial charge in [-0.1, -0.05) is 39.3 Å². The summed E-state index contributed by atoms with van der Waals surface area (Å²) in [6.07, 6.45) is 5.04. The van der Waals surface area contributed by atoms with E-state index in [9.17, 15) is 0 Å². The van der Waals surface area contributed by atoms with E-state index in [-0.39, 0.29) is 0 Å². The molecular weight excluding hydrogens is 222 g/mol. The van der Waals surface area contributed by atoms with E-state index in [2.05, 4.69) is 44.3 Å². The zero-order chi connectivity index (χ0) is 13.0. The van der Waals surface area contributed by atoms with Gasteiger partial charge in [-0.3, -0.25) is 0 Å². The molecule has 0 amide bonds. The molecular formula is C16H25NO. The summed E-state index contributed by atoms with van der Waals surface area (Å²) in [4.78, 5) is 0. The molecule has 100 valence electrons. The Morgan fingerprint density at radius 3 is 2.72 bits per heavy atom. The first kappa shape index (κ1) is 13.4. The van der Waals surface area contributed by atoms with Crippen LogP contribution >= 0.6 is 0 Å². The Morgan fingerprint density at radius 1 is 1.22 bits per heavy atom. The van der Waals surface area contributed by atoms with Crippen LogP contribution in [-0.4, -0.2) is 12.6 Å². The van der Waals surface area contributed by atoms with Crippen LogP contribution < -0.4 is 10.1 Å². The van der Waals surface area contributed by atoms with Crippen molar-refractivity contribution in [2.75, 3.05) is 6.54 Å². The number of unbranched alkanes of at least 4 members (excludes halogenated alkanes) is 1. The summed E-state index contributed by atoms with van der Waals surface area (Å²) in [7, 11) is 0. The first-order valence-electron chi connectivity index (χ1n) is 7.33. The van der Waals surface area contributed by atoms with Gasteiger partial charge in [0.15, 0.2) is 0 Å². The standard InChI is InChI=1S/C16H25NO/c1-4-7-8-12-9-10-15-13(11-12)16(17-6-3)14(5-2)18-15/h9-11,14,16-17H,4-8H2,1-3H3. The molecule has 1 aromatic carbocycles. The number of hydrogen-bond donors (Lipinski definition) is 1. The molecule has 2 nitrogen and oxygen atoms in total. The van der Waals surface area contributed by atoms with E-state index in [4.69, 9.17) is 4.74 Å². The van der Waals surface area contributed by atoms with Gasteiger partial charge in [-0.05, 0) is 37.4 Å². The van der Waals surface area contributed by atoms with Crippen molar-refractivity contribution >= 4 is 0 Å². The third-order valence-electron chi connectivity index (χ3n) is 3.70. The van der Waals surface area contributed by atoms with Gasteiger partial charge in [0.25, 0.3) is 0 Å². The Hall–Kier alpha value is -1.02. The second kappa shape index (κ2) is 6.24. The molecule has 0 aromatic heterocycles. The van der Waals surface area contributed by atoms with Gasteiger partial charge in [0.05, 0.1) is 6.04 Å². The topological polar surface area (TPSA) is 21.3 Å². The maximum atomic E-state index is 6.02. The van der Waals surface area contributed by atoms with Crippen molar-refractivity contribution < 1.29 is 4.74 Å². The lowest BCUT2D eigenvalue weighted by Gasteiger charge is -2.18. The maximum Gasteiger partial charge on any atom is 0.124 e. The van der Waals surface area contributed by atoms with Crippen LogP contribution in [0.25, 0.3) is 0 Å². The summed E-state index contributed by atoms with van der Waals surface area (Å²) in [5.41, 5.74) is 2.80. The highest BCUT2D eigenvalue weighted by atomic mass is 16.5. The largest absolute Gasteiger partial charge is 0.488 e. The average molecular weight is 247 g/mol. The third kappa shape index (κ3) is 2.69. The molecule has 18 heavy (non-hydrogen) atoms. The van der Waals surface area contributed by atoms with E-state index in [1.54, 1.807) is 0 Å². The van der Waals surface area contributed by atoms with Crippen LogP contribution in [0.2, 0.25) is 0 Å². The summed E-state index contributed by atoms with van der Waals surface area (Å²) in [6, 6.07) is 7.08. The Labute approximate surface area is 111 Å². The van der Waals surface area contributed by atoms with E-state index < -0.39 is 0 Å². The van der Waals surface area contributed by atoms with Crippen LogP contribution in [0.3, 0.4) is 0 Å². The smallest absolute Gasteiger partial charge is 0.124 e. The molecule has 0 saturated carbocycles. The Kier molecular flexibility index (Phi) is 4.65. The van der Waals surface area contributed by atoms with Gasteiger partial charge >= 0.3 is 0 Å². The molecule has 0 radical (unpaired) electrons. The minimum absolute atomic E-state index is 0.293. The van der Waals surface area contributed by atoms with Crippen molar-refractivity contribution in [3.63, 3.8) is 0 Å². The molecule has 0 saturated heterocycles. The van der Waals surface area contributed by atoms with Gasteiger partial charge in [0.2, 0.25) is 0 Å². The molecule has 2 atom stereocenters. The second-order valence-electron chi connectivity index (χ2n) is 5.08. The quantitative estimate of drug-likeness (QED) is 0.824.